The summed E-state index contributed by atoms with van der Waals surface area (Å²) < 4.78 is 5.36. The van der Waals surface area contributed by atoms with E-state index in [-0.39, 0.29) is 0 Å². The fourth-order valence-electron chi connectivity index (χ4n) is 3.43. The van der Waals surface area contributed by atoms with Crippen molar-refractivity contribution in [2.24, 2.45) is 0 Å². The number of likely N-dealkylation sites (N-methyl/N-ethyl adjacent to an activating group) is 1. The highest BCUT2D eigenvalue weighted by molar-refractivity contribution is 5.85. The first kappa shape index (κ1) is 15.8. The van der Waals surface area contributed by atoms with Crippen molar-refractivity contribution in [2.45, 2.75) is 13.0 Å². The molecule has 0 atom stereocenters. The van der Waals surface area contributed by atoms with Gasteiger partial charge in [0.15, 0.2) is 0 Å². The van der Waals surface area contributed by atoms with Crippen molar-refractivity contribution < 1.29 is 4.74 Å². The number of fused-ring (bicyclic) bond motifs is 2. The second-order valence-corrected chi connectivity index (χ2v) is 6.57. The van der Waals surface area contributed by atoms with Gasteiger partial charge in [-0.15, -0.1) is 0 Å². The fourth-order valence-corrected chi connectivity index (χ4v) is 3.43. The normalized spacial score (nSPS) is 11.6. The molecule has 2 heterocycles. The number of rotatable bonds is 6. The zero-order valence-corrected chi connectivity index (χ0v) is 14.7. The lowest BCUT2D eigenvalue weighted by molar-refractivity contribution is 0.332. The molecule has 4 nitrogen and oxygen atoms in total. The van der Waals surface area contributed by atoms with Crippen molar-refractivity contribution >= 4 is 21.8 Å². The average Bonchev–Trinajstić information content (AvgIpc) is 3.24. The van der Waals surface area contributed by atoms with E-state index in [1.54, 1.807) is 7.11 Å². The SMILES string of the molecule is COc1ccc2[nH]cc(CCN(C)Cc3c[nH]c4ccccc34)c2c1. The largest absolute Gasteiger partial charge is 0.497 e. The van der Waals surface area contributed by atoms with Crippen LogP contribution in [-0.4, -0.2) is 35.6 Å². The predicted molar refractivity (Wildman–Crippen MR) is 103 cm³/mol. The van der Waals surface area contributed by atoms with E-state index in [0.717, 1.165) is 30.8 Å². The zero-order chi connectivity index (χ0) is 17.2. The Kier molecular flexibility index (Phi) is 4.20. The van der Waals surface area contributed by atoms with Crippen LogP contribution in [0.3, 0.4) is 0 Å². The Morgan fingerprint density at radius 1 is 0.920 bits per heavy atom. The van der Waals surface area contributed by atoms with Crippen molar-refractivity contribution in [3.8, 4) is 5.75 Å². The second kappa shape index (κ2) is 6.65. The van der Waals surface area contributed by atoms with Gasteiger partial charge in [-0.3, -0.25) is 0 Å². The van der Waals surface area contributed by atoms with E-state index in [1.165, 1.54) is 27.4 Å². The maximum Gasteiger partial charge on any atom is 0.119 e. The first-order valence-electron chi connectivity index (χ1n) is 8.62. The van der Waals surface area contributed by atoms with Gasteiger partial charge in [-0.2, -0.15) is 0 Å². The summed E-state index contributed by atoms with van der Waals surface area (Å²) in [5.74, 6) is 0.903. The van der Waals surface area contributed by atoms with E-state index in [1.807, 2.05) is 6.07 Å². The number of nitrogens with zero attached hydrogens (tertiary/aromatic N) is 1. The van der Waals surface area contributed by atoms with Gasteiger partial charge in [-0.1, -0.05) is 18.2 Å². The van der Waals surface area contributed by atoms with Gasteiger partial charge in [0.25, 0.3) is 0 Å². The van der Waals surface area contributed by atoms with Crippen molar-refractivity contribution in [3.63, 3.8) is 0 Å². The molecule has 0 aliphatic heterocycles. The van der Waals surface area contributed by atoms with Crippen LogP contribution in [0.2, 0.25) is 0 Å². The molecule has 128 valence electrons. The molecule has 0 bridgehead atoms. The molecule has 0 unspecified atom stereocenters. The van der Waals surface area contributed by atoms with Gasteiger partial charge >= 0.3 is 0 Å². The number of nitrogens with one attached hydrogen (secondary N) is 2. The molecule has 4 heteroatoms. The van der Waals surface area contributed by atoms with E-state index in [0.29, 0.717) is 0 Å². The van der Waals surface area contributed by atoms with Crippen molar-refractivity contribution in [1.82, 2.24) is 14.9 Å². The maximum atomic E-state index is 5.36. The third-order valence-corrected chi connectivity index (χ3v) is 4.85. The molecule has 0 saturated heterocycles. The molecule has 4 rings (SSSR count). The van der Waals surface area contributed by atoms with E-state index in [4.69, 9.17) is 4.74 Å². The Balaban J connectivity index is 1.46. The third-order valence-electron chi connectivity index (χ3n) is 4.85. The molecule has 2 N–H and O–H groups in total. The van der Waals surface area contributed by atoms with Crippen LogP contribution in [0.25, 0.3) is 21.8 Å². The minimum Gasteiger partial charge on any atom is -0.497 e. The lowest BCUT2D eigenvalue weighted by atomic mass is 10.1. The number of methoxy groups -OCH3 is 1. The summed E-state index contributed by atoms with van der Waals surface area (Å²) in [5, 5.41) is 2.56. The van der Waals surface area contributed by atoms with Gasteiger partial charge in [-0.05, 0) is 48.9 Å². The summed E-state index contributed by atoms with van der Waals surface area (Å²) in [6.45, 7) is 1.94. The number of ether oxygens (including phenoxy) is 1. The average molecular weight is 333 g/mol. The van der Waals surface area contributed by atoms with Crippen molar-refractivity contribution in [2.75, 3.05) is 20.7 Å². The standard InChI is InChI=1S/C21H23N3O/c1-24(14-16-13-23-20-6-4-3-5-18(16)20)10-9-15-12-22-21-8-7-17(25-2)11-19(15)21/h3-8,11-13,22-23H,9-10,14H2,1-2H3. The first-order chi connectivity index (χ1) is 12.2. The van der Waals surface area contributed by atoms with Crippen LogP contribution in [0, 0.1) is 0 Å². The van der Waals surface area contributed by atoms with Crippen LogP contribution in [0.5, 0.6) is 5.75 Å². The molecule has 0 aliphatic carbocycles. The molecule has 4 aromatic rings. The molecule has 0 aliphatic rings. The van der Waals surface area contributed by atoms with Crippen LogP contribution in [0.4, 0.5) is 0 Å². The quantitative estimate of drug-likeness (QED) is 0.551. The van der Waals surface area contributed by atoms with Gasteiger partial charge in [0.05, 0.1) is 7.11 Å². The molecule has 0 amide bonds. The smallest absolute Gasteiger partial charge is 0.119 e. The van der Waals surface area contributed by atoms with Crippen LogP contribution >= 0.6 is 0 Å². The number of aromatic nitrogens is 2. The zero-order valence-electron chi connectivity index (χ0n) is 14.7. The summed E-state index contributed by atoms with van der Waals surface area (Å²) in [6.07, 6.45) is 5.24. The summed E-state index contributed by atoms with van der Waals surface area (Å²) in [6, 6.07) is 14.6. The molecule has 0 spiro atoms. The van der Waals surface area contributed by atoms with Crippen LogP contribution < -0.4 is 4.74 Å². The molecular weight excluding hydrogens is 310 g/mol. The van der Waals surface area contributed by atoms with E-state index < -0.39 is 0 Å². The monoisotopic (exact) mass is 333 g/mol. The fraction of sp³-hybridized carbons (Fsp3) is 0.238. The van der Waals surface area contributed by atoms with Crippen LogP contribution in [-0.2, 0) is 13.0 Å². The maximum absolute atomic E-state index is 5.36. The molecule has 2 aromatic heterocycles. The summed E-state index contributed by atoms with van der Waals surface area (Å²) in [5.41, 5.74) is 5.04. The van der Waals surface area contributed by atoms with Gasteiger partial charge in [0, 0.05) is 47.3 Å². The highest BCUT2D eigenvalue weighted by Crippen LogP contribution is 2.24. The molecule has 0 radical (unpaired) electrons. The van der Waals surface area contributed by atoms with Gasteiger partial charge < -0.3 is 19.6 Å². The molecule has 0 saturated carbocycles. The topological polar surface area (TPSA) is 44.0 Å². The summed E-state index contributed by atoms with van der Waals surface area (Å²) >= 11 is 0. The Bertz CT molecular complexity index is 999. The minimum absolute atomic E-state index is 0.903. The Morgan fingerprint density at radius 2 is 1.68 bits per heavy atom. The Labute approximate surface area is 147 Å². The minimum atomic E-state index is 0.903. The lowest BCUT2D eigenvalue weighted by Crippen LogP contribution is -2.20. The third kappa shape index (κ3) is 3.13. The summed E-state index contributed by atoms with van der Waals surface area (Å²) in [4.78, 5) is 9.08. The molecule has 2 aromatic carbocycles. The highest BCUT2D eigenvalue weighted by Gasteiger charge is 2.09. The number of para-hydroxylation sites is 1. The summed E-state index contributed by atoms with van der Waals surface area (Å²) in [7, 11) is 3.89. The van der Waals surface area contributed by atoms with E-state index >= 15 is 0 Å². The number of benzene rings is 2. The van der Waals surface area contributed by atoms with Crippen molar-refractivity contribution in [3.05, 3.63) is 66.0 Å². The van der Waals surface area contributed by atoms with Crippen LogP contribution in [0.15, 0.2) is 54.9 Å². The number of hydrogen-bond donors (Lipinski definition) is 2. The predicted octanol–water partition coefficient (Wildman–Crippen LogP) is 4.33. The lowest BCUT2D eigenvalue weighted by Gasteiger charge is -2.16. The molecule has 0 fully saturated rings. The van der Waals surface area contributed by atoms with Gasteiger partial charge in [0.1, 0.15) is 5.75 Å². The van der Waals surface area contributed by atoms with E-state index in [2.05, 4.69) is 70.7 Å². The van der Waals surface area contributed by atoms with Gasteiger partial charge in [0.2, 0.25) is 0 Å². The Morgan fingerprint density at radius 3 is 2.52 bits per heavy atom. The number of aromatic amines is 2. The number of H-pyrrole nitrogens is 2. The first-order valence-corrected chi connectivity index (χ1v) is 8.62. The highest BCUT2D eigenvalue weighted by atomic mass is 16.5. The second-order valence-electron chi connectivity index (χ2n) is 6.57. The number of hydrogen-bond acceptors (Lipinski definition) is 2. The van der Waals surface area contributed by atoms with E-state index in [9.17, 15) is 0 Å². The molecule has 25 heavy (non-hydrogen) atoms. The van der Waals surface area contributed by atoms with Gasteiger partial charge in [-0.25, -0.2) is 0 Å². The van der Waals surface area contributed by atoms with Crippen molar-refractivity contribution in [1.29, 1.82) is 0 Å². The van der Waals surface area contributed by atoms with Crippen LogP contribution in [0.1, 0.15) is 11.1 Å². The Hall–Kier alpha value is -2.72. The molecular formula is C21H23N3O.